The molecule has 0 spiro atoms. The van der Waals surface area contributed by atoms with Crippen LogP contribution in [0.3, 0.4) is 0 Å². The Kier molecular flexibility index (Phi) is 8.78. The Morgan fingerprint density at radius 3 is 2.67 bits per heavy atom. The van der Waals surface area contributed by atoms with Crippen LogP contribution in [0.1, 0.15) is 25.1 Å². The van der Waals surface area contributed by atoms with E-state index >= 15 is 0 Å². The summed E-state index contributed by atoms with van der Waals surface area (Å²) in [6.45, 7) is -9.26. The normalized spacial score (nSPS) is 27.0. The second kappa shape index (κ2) is 12.2. The van der Waals surface area contributed by atoms with E-state index in [-0.39, 0.29) is 61.6 Å². The van der Waals surface area contributed by atoms with Crippen LogP contribution in [-0.2, 0) is 39.4 Å². The SMILES string of the molecule is Nc1nc2c(ncn2[C@@H]2O[C@H](COP(O)(O)=S)C[C@@H]2OP(=O)(S)OC[C@]2(CO)CC(n3cnc4c(N)ncnc43)CO2)c(=O)[nH]1. The van der Waals surface area contributed by atoms with Crippen molar-refractivity contribution in [3.8, 4) is 0 Å². The molecule has 2 fully saturated rings. The Bertz CT molecular complexity index is 1890. The molecule has 24 heteroatoms. The van der Waals surface area contributed by atoms with Gasteiger partial charge in [0.2, 0.25) is 5.95 Å². The third-order valence-corrected chi connectivity index (χ3v) is 9.74. The maximum Gasteiger partial charge on any atom is 0.386 e. The van der Waals surface area contributed by atoms with Gasteiger partial charge in [-0.3, -0.25) is 23.4 Å². The van der Waals surface area contributed by atoms with E-state index in [0.717, 1.165) is 0 Å². The Balaban J connectivity index is 1.19. The number of aromatic amines is 1. The summed E-state index contributed by atoms with van der Waals surface area (Å²) in [6.07, 6.45) is 1.34. The molecule has 2 aliphatic heterocycles. The molecule has 244 valence electrons. The van der Waals surface area contributed by atoms with Gasteiger partial charge in [0.05, 0.1) is 51.2 Å². The van der Waals surface area contributed by atoms with Crippen LogP contribution in [0, 0.1) is 0 Å². The summed E-state index contributed by atoms with van der Waals surface area (Å²) in [4.78, 5) is 54.3. The van der Waals surface area contributed by atoms with Gasteiger partial charge in [-0.05, 0) is 11.8 Å². The number of H-pyrrole nitrogens is 1. The van der Waals surface area contributed by atoms with Gasteiger partial charge in [0.15, 0.2) is 28.9 Å². The van der Waals surface area contributed by atoms with Crippen molar-refractivity contribution < 1.29 is 42.5 Å². The molecule has 2 unspecified atom stereocenters. The zero-order valence-electron chi connectivity index (χ0n) is 23.0. The molecule has 0 saturated carbocycles. The van der Waals surface area contributed by atoms with Crippen molar-refractivity contribution in [1.82, 2.24) is 39.0 Å². The number of nitrogens with two attached hydrogens (primary N) is 2. The Labute approximate surface area is 263 Å². The minimum atomic E-state index is -4.20. The number of nitrogens with zero attached hydrogens (tertiary/aromatic N) is 7. The van der Waals surface area contributed by atoms with E-state index in [1.807, 2.05) is 0 Å². The Morgan fingerprint density at radius 1 is 1.16 bits per heavy atom. The van der Waals surface area contributed by atoms with Crippen molar-refractivity contribution in [1.29, 1.82) is 0 Å². The van der Waals surface area contributed by atoms with Crippen molar-refractivity contribution in [3.05, 3.63) is 29.3 Å². The lowest BCUT2D eigenvalue weighted by Crippen LogP contribution is -2.38. The first-order chi connectivity index (χ1) is 21.3. The van der Waals surface area contributed by atoms with Crippen LogP contribution in [0.25, 0.3) is 22.3 Å². The number of nitrogen functional groups attached to an aromatic ring is 2. The number of hydrogen-bond acceptors (Lipinski definition) is 16. The number of hydrogen-bond donors (Lipinski definition) is 7. The fraction of sp³-hybridized carbons (Fsp3) is 0.524. The molecule has 6 rings (SSSR count). The molecule has 8 N–H and O–H groups in total. The molecule has 2 aliphatic rings. The van der Waals surface area contributed by atoms with Crippen molar-refractivity contribution >= 4 is 71.7 Å². The molecule has 6 heterocycles. The first-order valence-electron chi connectivity index (χ1n) is 13.2. The summed E-state index contributed by atoms with van der Waals surface area (Å²) in [5.74, 6) is 0.0380. The first-order valence-corrected chi connectivity index (χ1v) is 18.5. The van der Waals surface area contributed by atoms with Gasteiger partial charge in [0, 0.05) is 12.8 Å². The number of thiol groups is 1. The second-order valence-corrected chi connectivity index (χ2v) is 16.0. The average Bonchev–Trinajstić information content (AvgIpc) is 3.75. The monoisotopic (exact) mass is 706 g/mol. The van der Waals surface area contributed by atoms with E-state index in [9.17, 15) is 24.3 Å². The fourth-order valence-electron chi connectivity index (χ4n) is 5.27. The van der Waals surface area contributed by atoms with E-state index in [0.29, 0.717) is 11.2 Å². The highest BCUT2D eigenvalue weighted by molar-refractivity contribution is 8.44. The predicted octanol–water partition coefficient (Wildman–Crippen LogP) is -0.231. The molecule has 0 amide bonds. The lowest BCUT2D eigenvalue weighted by molar-refractivity contribution is -0.0712. The van der Waals surface area contributed by atoms with Gasteiger partial charge in [-0.2, -0.15) is 4.98 Å². The molecule has 45 heavy (non-hydrogen) atoms. The number of aliphatic hydroxyl groups excluding tert-OH is 1. The maximum atomic E-state index is 13.6. The minimum absolute atomic E-state index is 0.00529. The second-order valence-electron chi connectivity index (χ2n) is 10.4. The van der Waals surface area contributed by atoms with E-state index in [4.69, 9.17) is 34.5 Å². The van der Waals surface area contributed by atoms with Crippen LogP contribution in [0.2, 0.25) is 0 Å². The molecule has 0 aliphatic carbocycles. The molecule has 4 aromatic heterocycles. The highest BCUT2D eigenvalue weighted by Gasteiger charge is 2.46. The number of fused-ring (bicyclic) bond motifs is 2. The smallest absolute Gasteiger partial charge is 0.386 e. The largest absolute Gasteiger partial charge is 0.393 e. The van der Waals surface area contributed by atoms with Crippen LogP contribution in [0.15, 0.2) is 23.8 Å². The number of aromatic nitrogens is 8. The van der Waals surface area contributed by atoms with Gasteiger partial charge in [-0.15, -0.1) is 0 Å². The van der Waals surface area contributed by atoms with Crippen LogP contribution in [-0.4, -0.2) is 98.2 Å². The molecule has 0 radical (unpaired) electrons. The van der Waals surface area contributed by atoms with Crippen LogP contribution in [0.5, 0.6) is 0 Å². The average molecular weight is 707 g/mol. The summed E-state index contributed by atoms with van der Waals surface area (Å²) in [7, 11) is 0. The summed E-state index contributed by atoms with van der Waals surface area (Å²) < 4.78 is 45.0. The molecular weight excluding hydrogens is 678 g/mol. The minimum Gasteiger partial charge on any atom is -0.393 e. The van der Waals surface area contributed by atoms with Gasteiger partial charge in [-0.1, -0.05) is 12.2 Å². The van der Waals surface area contributed by atoms with Crippen molar-refractivity contribution in [2.75, 3.05) is 37.9 Å². The van der Waals surface area contributed by atoms with Crippen molar-refractivity contribution in [2.24, 2.45) is 0 Å². The standard InChI is InChI=1S/C21H28N10O10P2S2/c22-15-13-16(25-7-24-15)30(8-26-13)10-2-21(5-32,37-3-10)6-39-43(36,45)41-12-1-11(4-38-42(34,35)44)40-19(12)31-9-27-14-17(31)28-20(23)29-18(14)33/h7-12,19,32H,1-6H2,(H,36,45)(H2,22,24,25)(H2,34,35,44)(H3,23,28,29,33)/t10?,11-,12-,19+,21+,43?/m0/s1. The van der Waals surface area contributed by atoms with Gasteiger partial charge in [0.25, 0.3) is 5.56 Å². The van der Waals surface area contributed by atoms with E-state index in [1.54, 1.807) is 10.9 Å². The van der Waals surface area contributed by atoms with E-state index in [2.05, 4.69) is 54.0 Å². The van der Waals surface area contributed by atoms with E-state index in [1.165, 1.54) is 17.2 Å². The quantitative estimate of drug-likeness (QED) is 0.0783. The maximum absolute atomic E-state index is 13.6. The van der Waals surface area contributed by atoms with Gasteiger partial charge < -0.3 is 44.9 Å². The third-order valence-electron chi connectivity index (χ3n) is 7.32. The lowest BCUT2D eigenvalue weighted by atomic mass is 10.00. The lowest BCUT2D eigenvalue weighted by Gasteiger charge is -2.28. The number of imidazole rings is 2. The van der Waals surface area contributed by atoms with Crippen molar-refractivity contribution in [2.45, 2.75) is 42.9 Å². The van der Waals surface area contributed by atoms with Gasteiger partial charge >= 0.3 is 13.5 Å². The summed E-state index contributed by atoms with van der Waals surface area (Å²) >= 11 is 8.68. The number of ether oxygens (including phenoxy) is 2. The summed E-state index contributed by atoms with van der Waals surface area (Å²) in [5.41, 5.74) is 10.7. The zero-order chi connectivity index (χ0) is 32.1. The molecule has 20 nitrogen and oxygen atoms in total. The molecule has 2 saturated heterocycles. The first kappa shape index (κ1) is 32.4. The van der Waals surface area contributed by atoms with Gasteiger partial charge in [0.1, 0.15) is 23.5 Å². The summed E-state index contributed by atoms with van der Waals surface area (Å²) in [5, 5.41) is 10.3. The number of anilines is 2. The number of aliphatic hydroxyl groups is 1. The van der Waals surface area contributed by atoms with Crippen LogP contribution >= 0.6 is 25.8 Å². The van der Waals surface area contributed by atoms with Crippen LogP contribution in [0.4, 0.5) is 11.8 Å². The third kappa shape index (κ3) is 6.78. The van der Waals surface area contributed by atoms with Crippen LogP contribution < -0.4 is 17.0 Å². The highest BCUT2D eigenvalue weighted by Crippen LogP contribution is 2.57. The number of nitrogens with one attached hydrogen (secondary N) is 1. The fourth-order valence-corrected chi connectivity index (χ4v) is 7.34. The summed E-state index contributed by atoms with van der Waals surface area (Å²) in [6, 6.07) is -0.316. The molecule has 0 bridgehead atoms. The zero-order valence-corrected chi connectivity index (χ0v) is 26.5. The Morgan fingerprint density at radius 2 is 1.91 bits per heavy atom. The van der Waals surface area contributed by atoms with Gasteiger partial charge in [-0.25, -0.2) is 24.5 Å². The molecule has 0 aromatic carbocycles. The molecule has 6 atom stereocenters. The topological polar surface area (TPSA) is 283 Å². The van der Waals surface area contributed by atoms with Crippen molar-refractivity contribution in [3.63, 3.8) is 0 Å². The molecular formula is C21H28N10O10P2S2. The highest BCUT2D eigenvalue weighted by atomic mass is 32.7. The number of rotatable bonds is 11. The molecule has 4 aromatic rings. The van der Waals surface area contributed by atoms with E-state index < -0.39 is 49.7 Å². The predicted molar refractivity (Wildman–Crippen MR) is 162 cm³/mol. The Hall–Kier alpha value is -2.59.